The largest absolute Gasteiger partial charge is 0.340 e. The number of carbonyl (C=O) groups excluding carboxylic acids is 5. The van der Waals surface area contributed by atoms with Crippen LogP contribution in [0.15, 0.2) is 65.6 Å². The zero-order valence-corrected chi connectivity index (χ0v) is 19.8. The van der Waals surface area contributed by atoms with Crippen LogP contribution in [-0.2, 0) is 19.2 Å². The molecule has 3 atom stereocenters. The maximum absolute atomic E-state index is 13.3. The van der Waals surface area contributed by atoms with Gasteiger partial charge in [0.25, 0.3) is 0 Å². The summed E-state index contributed by atoms with van der Waals surface area (Å²) in [4.78, 5) is 66.1. The number of hydrogen-bond donors (Lipinski definition) is 3. The molecule has 2 heterocycles. The van der Waals surface area contributed by atoms with Gasteiger partial charge in [-0.3, -0.25) is 24.1 Å². The molecular weight excluding hydrogens is 470 g/mol. The third kappa shape index (κ3) is 5.29. The third-order valence-electron chi connectivity index (χ3n) is 5.77. The minimum absolute atomic E-state index is 0.0220. The number of hydrogen-bond acceptors (Lipinski definition) is 6. The Balaban J connectivity index is 1.47. The summed E-state index contributed by atoms with van der Waals surface area (Å²) in [5.74, 6) is -2.64. The molecule has 0 saturated carbocycles. The predicted molar refractivity (Wildman–Crippen MR) is 128 cm³/mol. The summed E-state index contributed by atoms with van der Waals surface area (Å²) in [5.41, 5.74) is 0.469. The number of benzene rings is 2. The Hall–Kier alpha value is -3.86. The van der Waals surface area contributed by atoms with Gasteiger partial charge in [-0.25, -0.2) is 4.79 Å². The lowest BCUT2D eigenvalue weighted by molar-refractivity contribution is -0.153. The average molecular weight is 496 g/mol. The first-order chi connectivity index (χ1) is 16.9. The average Bonchev–Trinajstić information content (AvgIpc) is 2.88. The van der Waals surface area contributed by atoms with Crippen molar-refractivity contribution in [1.29, 1.82) is 0 Å². The Kier molecular flexibility index (Phi) is 7.35. The van der Waals surface area contributed by atoms with Gasteiger partial charge in [-0.15, -0.1) is 0 Å². The first kappa shape index (κ1) is 24.3. The summed E-state index contributed by atoms with van der Waals surface area (Å²) in [7, 11) is 0. The summed E-state index contributed by atoms with van der Waals surface area (Å²) in [6, 6.07) is 15.1. The molecule has 11 heteroatoms. The number of thioether (sulfide) groups is 1. The van der Waals surface area contributed by atoms with Gasteiger partial charge >= 0.3 is 17.8 Å². The second kappa shape index (κ2) is 10.6. The van der Waals surface area contributed by atoms with Gasteiger partial charge in [-0.05, 0) is 24.6 Å². The molecule has 2 saturated heterocycles. The fourth-order valence-corrected chi connectivity index (χ4v) is 4.90. The molecule has 0 aromatic heterocycles. The summed E-state index contributed by atoms with van der Waals surface area (Å²) in [6.07, 6.45) is 0. The number of rotatable bonds is 7. The third-order valence-corrected chi connectivity index (χ3v) is 6.96. The highest BCUT2D eigenvalue weighted by molar-refractivity contribution is 8.00. The topological polar surface area (TPSA) is 128 Å². The maximum atomic E-state index is 13.3. The van der Waals surface area contributed by atoms with Gasteiger partial charge in [0.05, 0.1) is 0 Å². The standard InChI is InChI=1S/C24H25N5O5S/c1-2-28-13-14-29(23(33)22(28)32)24(34)26-17(15-9-5-3-6-10-15)19(30)25-18-20(31)27-21(18)35-16-11-7-4-8-12-16/h3-12,17-18,21H,2,13-14H2,1H3,(H,25,30)(H,26,34)(H,27,31)/t17?,18-,21+/m1/s1. The van der Waals surface area contributed by atoms with E-state index in [1.165, 1.54) is 16.7 Å². The second-order valence-corrected chi connectivity index (χ2v) is 9.20. The summed E-state index contributed by atoms with van der Waals surface area (Å²) in [5, 5.41) is 7.67. The van der Waals surface area contributed by atoms with E-state index in [9.17, 15) is 24.0 Å². The van der Waals surface area contributed by atoms with E-state index in [0.717, 1.165) is 9.80 Å². The number of nitrogens with one attached hydrogen (secondary N) is 3. The molecular formula is C24H25N5O5S. The minimum Gasteiger partial charge on any atom is -0.340 e. The number of imide groups is 1. The van der Waals surface area contributed by atoms with Crippen molar-refractivity contribution in [2.24, 2.45) is 0 Å². The molecule has 0 bridgehead atoms. The molecule has 35 heavy (non-hydrogen) atoms. The Morgan fingerprint density at radius 3 is 2.29 bits per heavy atom. The van der Waals surface area contributed by atoms with Crippen molar-refractivity contribution < 1.29 is 24.0 Å². The normalized spacial score (nSPS) is 20.5. The van der Waals surface area contributed by atoms with E-state index >= 15 is 0 Å². The lowest BCUT2D eigenvalue weighted by Gasteiger charge is -2.37. The SMILES string of the molecule is CCN1CCN(C(=O)NC(C(=O)N[C@@H]2C(=O)N[C@H]2Sc2ccccc2)c2ccccc2)C(=O)C1=O. The van der Waals surface area contributed by atoms with Gasteiger partial charge in [-0.1, -0.05) is 60.3 Å². The van der Waals surface area contributed by atoms with Crippen molar-refractivity contribution in [3.8, 4) is 0 Å². The first-order valence-electron chi connectivity index (χ1n) is 11.2. The zero-order valence-electron chi connectivity index (χ0n) is 19.0. The van der Waals surface area contributed by atoms with Crippen molar-refractivity contribution >= 4 is 41.4 Å². The number of urea groups is 1. The highest BCUT2D eigenvalue weighted by Crippen LogP contribution is 2.28. The fourth-order valence-electron chi connectivity index (χ4n) is 3.79. The highest BCUT2D eigenvalue weighted by Gasteiger charge is 2.43. The van der Waals surface area contributed by atoms with Crippen LogP contribution in [0.4, 0.5) is 4.79 Å². The second-order valence-electron chi connectivity index (χ2n) is 7.98. The Morgan fingerprint density at radius 1 is 1.00 bits per heavy atom. The van der Waals surface area contributed by atoms with Crippen LogP contribution in [0, 0.1) is 0 Å². The molecule has 2 fully saturated rings. The van der Waals surface area contributed by atoms with Gasteiger partial charge in [0.15, 0.2) is 0 Å². The van der Waals surface area contributed by atoms with Crippen LogP contribution in [0.1, 0.15) is 18.5 Å². The number of piperazine rings is 1. The van der Waals surface area contributed by atoms with E-state index in [4.69, 9.17) is 0 Å². The molecule has 4 rings (SSSR count). The van der Waals surface area contributed by atoms with Crippen LogP contribution in [0.25, 0.3) is 0 Å². The molecule has 2 aromatic carbocycles. The van der Waals surface area contributed by atoms with Crippen LogP contribution >= 0.6 is 11.8 Å². The molecule has 6 amide bonds. The van der Waals surface area contributed by atoms with Crippen LogP contribution in [0.2, 0.25) is 0 Å². The highest BCUT2D eigenvalue weighted by atomic mass is 32.2. The lowest BCUT2D eigenvalue weighted by atomic mass is 10.0. The summed E-state index contributed by atoms with van der Waals surface area (Å²) >= 11 is 1.40. The van der Waals surface area contributed by atoms with E-state index in [1.54, 1.807) is 37.3 Å². The van der Waals surface area contributed by atoms with E-state index in [-0.39, 0.29) is 24.4 Å². The molecule has 2 aliphatic heterocycles. The van der Waals surface area contributed by atoms with Crippen LogP contribution in [-0.4, -0.2) is 70.5 Å². The molecule has 182 valence electrons. The number of nitrogens with zero attached hydrogens (tertiary/aromatic N) is 2. The van der Waals surface area contributed by atoms with Gasteiger partial charge in [0, 0.05) is 24.5 Å². The Labute approximate surface area is 206 Å². The van der Waals surface area contributed by atoms with E-state index in [2.05, 4.69) is 16.0 Å². The zero-order chi connectivity index (χ0) is 24.9. The Morgan fingerprint density at radius 2 is 1.66 bits per heavy atom. The summed E-state index contributed by atoms with van der Waals surface area (Å²) < 4.78 is 0. The lowest BCUT2D eigenvalue weighted by Crippen LogP contribution is -2.68. The van der Waals surface area contributed by atoms with Crippen molar-refractivity contribution in [3.63, 3.8) is 0 Å². The van der Waals surface area contributed by atoms with E-state index in [1.807, 2.05) is 30.3 Å². The fraction of sp³-hybridized carbons (Fsp3) is 0.292. The van der Waals surface area contributed by atoms with Crippen molar-refractivity contribution in [1.82, 2.24) is 25.8 Å². The van der Waals surface area contributed by atoms with Gasteiger partial charge in [0.1, 0.15) is 17.5 Å². The molecule has 3 N–H and O–H groups in total. The van der Waals surface area contributed by atoms with Crippen molar-refractivity contribution in [2.75, 3.05) is 19.6 Å². The van der Waals surface area contributed by atoms with Gasteiger partial charge < -0.3 is 20.9 Å². The number of amides is 6. The van der Waals surface area contributed by atoms with Crippen LogP contribution < -0.4 is 16.0 Å². The van der Waals surface area contributed by atoms with Crippen molar-refractivity contribution in [2.45, 2.75) is 29.3 Å². The van der Waals surface area contributed by atoms with Crippen LogP contribution in [0.3, 0.4) is 0 Å². The minimum atomic E-state index is -1.17. The molecule has 0 radical (unpaired) electrons. The first-order valence-corrected chi connectivity index (χ1v) is 12.1. The molecule has 1 unspecified atom stereocenters. The molecule has 10 nitrogen and oxygen atoms in total. The molecule has 0 aliphatic carbocycles. The molecule has 2 aliphatic rings. The van der Waals surface area contributed by atoms with Gasteiger partial charge in [0.2, 0.25) is 11.8 Å². The van der Waals surface area contributed by atoms with Crippen molar-refractivity contribution in [3.05, 3.63) is 66.2 Å². The Bertz CT molecular complexity index is 1130. The number of likely N-dealkylation sites (N-methyl/N-ethyl adjacent to an activating group) is 1. The van der Waals surface area contributed by atoms with Crippen LogP contribution in [0.5, 0.6) is 0 Å². The number of β-lactam (4-membered cyclic amide) rings is 1. The quantitative estimate of drug-likeness (QED) is 0.386. The molecule has 2 aromatic rings. The monoisotopic (exact) mass is 495 g/mol. The van der Waals surface area contributed by atoms with E-state index in [0.29, 0.717) is 12.1 Å². The maximum Gasteiger partial charge on any atom is 0.325 e. The van der Waals surface area contributed by atoms with Gasteiger partial charge in [-0.2, -0.15) is 0 Å². The predicted octanol–water partition coefficient (Wildman–Crippen LogP) is 0.861. The smallest absolute Gasteiger partial charge is 0.325 e. The van der Waals surface area contributed by atoms with E-state index < -0.39 is 35.8 Å². The molecule has 0 spiro atoms. The number of carbonyl (C=O) groups is 5. The summed E-state index contributed by atoms with van der Waals surface area (Å²) in [6.45, 7) is 2.35.